The molecule has 4 atom stereocenters. The van der Waals surface area contributed by atoms with Crippen LogP contribution >= 0.6 is 0 Å². The van der Waals surface area contributed by atoms with Gasteiger partial charge in [-0.2, -0.15) is 10.4 Å². The van der Waals surface area contributed by atoms with Crippen LogP contribution in [0.5, 0.6) is 0 Å². The van der Waals surface area contributed by atoms with Crippen LogP contribution in [0.15, 0.2) is 18.5 Å². The zero-order valence-corrected chi connectivity index (χ0v) is 29.2. The number of carbonyl (C=O) groups is 1. The van der Waals surface area contributed by atoms with E-state index in [2.05, 4.69) is 71.5 Å². The summed E-state index contributed by atoms with van der Waals surface area (Å²) in [5, 5.41) is 15.4. The van der Waals surface area contributed by atoms with Crippen molar-refractivity contribution in [3.05, 3.63) is 24.2 Å². The predicted molar refractivity (Wildman–Crippen MR) is 164 cm³/mol. The smallest absolute Gasteiger partial charge is 0.338 e. The third kappa shape index (κ3) is 5.32. The number of esters is 1. The minimum Gasteiger partial charge on any atom is -0.453 e. The Morgan fingerprint density at radius 2 is 1.72 bits per heavy atom. The number of hydrogen-bond acceptors (Lipinski definition) is 11. The summed E-state index contributed by atoms with van der Waals surface area (Å²) < 4.78 is 41.4. The van der Waals surface area contributed by atoms with Crippen molar-refractivity contribution in [1.82, 2.24) is 14.6 Å². The lowest BCUT2D eigenvalue weighted by Gasteiger charge is -2.51. The number of anilines is 1. The number of nitrogen functional groups attached to an aromatic ring is 1. The van der Waals surface area contributed by atoms with Gasteiger partial charge >= 0.3 is 23.1 Å². The molecule has 2 aliphatic rings. The molecule has 2 fully saturated rings. The highest BCUT2D eigenvalue weighted by Gasteiger charge is 2.67. The van der Waals surface area contributed by atoms with Crippen LogP contribution in [0.1, 0.15) is 74.9 Å². The average molecular weight is 634 g/mol. The second-order valence-corrected chi connectivity index (χ2v) is 22.1. The van der Waals surface area contributed by atoms with Crippen molar-refractivity contribution in [3.63, 3.8) is 0 Å². The summed E-state index contributed by atoms with van der Waals surface area (Å²) in [5.74, 6) is -0.433. The lowest BCUT2D eigenvalue weighted by molar-refractivity contribution is -0.180. The fraction of sp³-hybridized carbons (Fsp3) is 0.724. The Labute approximate surface area is 256 Å². The first-order valence-corrected chi connectivity index (χ1v) is 18.9. The molecule has 0 bridgehead atoms. The van der Waals surface area contributed by atoms with E-state index in [4.69, 9.17) is 32.9 Å². The van der Waals surface area contributed by atoms with Crippen molar-refractivity contribution in [2.75, 3.05) is 19.5 Å². The summed E-state index contributed by atoms with van der Waals surface area (Å²) in [4.78, 5) is 17.7. The molecule has 0 aromatic carbocycles. The van der Waals surface area contributed by atoms with Gasteiger partial charge in [0, 0.05) is 7.11 Å². The SMILES string of the molecule is COC(C)(C)C(=O)O[C@@H]1[C@@H]2O[Si](C(C)C)(C(C)C)O[Si](C(C)C)(C(C)C)OC[C@H]2O[C@@]1(C#N)c1ccc2c(N)ncnn12. The molecule has 43 heavy (non-hydrogen) atoms. The minimum atomic E-state index is -3.16. The van der Waals surface area contributed by atoms with Gasteiger partial charge in [-0.3, -0.25) is 0 Å². The van der Waals surface area contributed by atoms with Gasteiger partial charge in [0.15, 0.2) is 17.5 Å². The molecule has 2 aromatic heterocycles. The topological polar surface area (TPSA) is 152 Å². The zero-order chi connectivity index (χ0) is 32.1. The van der Waals surface area contributed by atoms with E-state index in [1.165, 1.54) is 18.0 Å². The molecule has 0 amide bonds. The van der Waals surface area contributed by atoms with Gasteiger partial charge in [0.1, 0.15) is 30.1 Å². The third-order valence-corrected chi connectivity index (χ3v) is 19.2. The molecular weight excluding hydrogens is 587 g/mol. The van der Waals surface area contributed by atoms with E-state index in [0.29, 0.717) is 11.2 Å². The van der Waals surface area contributed by atoms with E-state index in [0.717, 1.165) is 0 Å². The normalized spacial score (nSPS) is 27.3. The Morgan fingerprint density at radius 1 is 1.12 bits per heavy atom. The summed E-state index contributed by atoms with van der Waals surface area (Å²) >= 11 is 0. The summed E-state index contributed by atoms with van der Waals surface area (Å²) in [6.07, 6.45) is -1.56. The number of ether oxygens (including phenoxy) is 3. The lowest BCUT2D eigenvalue weighted by Crippen LogP contribution is -2.66. The fourth-order valence-electron chi connectivity index (χ4n) is 6.28. The quantitative estimate of drug-likeness (QED) is 0.317. The average Bonchev–Trinajstić information content (AvgIpc) is 3.49. The highest BCUT2D eigenvalue weighted by atomic mass is 28.5. The number of fused-ring (bicyclic) bond motifs is 2. The van der Waals surface area contributed by atoms with Crippen LogP contribution in [0.2, 0.25) is 22.2 Å². The van der Waals surface area contributed by atoms with Crippen LogP contribution in [0.3, 0.4) is 0 Å². The molecule has 0 aliphatic carbocycles. The van der Waals surface area contributed by atoms with Gasteiger partial charge in [-0.05, 0) is 48.1 Å². The van der Waals surface area contributed by atoms with Gasteiger partial charge < -0.3 is 32.9 Å². The van der Waals surface area contributed by atoms with Gasteiger partial charge in [-0.15, -0.1) is 0 Å². The van der Waals surface area contributed by atoms with Crippen molar-refractivity contribution in [2.45, 2.75) is 121 Å². The molecule has 4 heterocycles. The van der Waals surface area contributed by atoms with Gasteiger partial charge in [-0.1, -0.05) is 55.4 Å². The molecular formula is C29H47N5O7Si2. The maximum absolute atomic E-state index is 13.6. The first-order chi connectivity index (χ1) is 20.0. The monoisotopic (exact) mass is 633 g/mol. The van der Waals surface area contributed by atoms with E-state index in [9.17, 15) is 10.1 Å². The lowest BCUT2D eigenvalue weighted by atomic mass is 9.92. The molecule has 0 radical (unpaired) electrons. The Balaban J connectivity index is 1.97. The van der Waals surface area contributed by atoms with E-state index < -0.39 is 52.6 Å². The second-order valence-electron chi connectivity index (χ2n) is 13.3. The summed E-state index contributed by atoms with van der Waals surface area (Å²) in [5.41, 5.74) is 4.07. The standard InChI is InChI=1S/C29H47N5O7Si2/c1-17(2)42(18(3)4)37-14-22-24(40-43(41-42,19(5)6)20(7)8)25(38-27(35)28(9,10)36-11)29(15-30,39-22)23-13-12-21-26(31)32-16-33-34(21)23/h12-13,16-20,22,24-25H,14H2,1-11H3,(H2,31,32,33)/t22-,24-,25-,29+/m1/s1. The number of aromatic nitrogens is 3. The minimum absolute atomic E-state index is 0.00440. The zero-order valence-electron chi connectivity index (χ0n) is 27.2. The second kappa shape index (κ2) is 11.8. The molecule has 14 heteroatoms. The largest absolute Gasteiger partial charge is 0.453 e. The Bertz CT molecular complexity index is 1360. The van der Waals surface area contributed by atoms with E-state index >= 15 is 0 Å². The number of rotatable bonds is 8. The van der Waals surface area contributed by atoms with Crippen molar-refractivity contribution < 1.29 is 32.0 Å². The molecule has 0 saturated carbocycles. The summed E-state index contributed by atoms with van der Waals surface area (Å²) in [7, 11) is -4.64. The number of nitrogens with zero attached hydrogens (tertiary/aromatic N) is 4. The molecule has 4 rings (SSSR count). The van der Waals surface area contributed by atoms with E-state index in [-0.39, 0.29) is 34.6 Å². The molecule has 2 aliphatic heterocycles. The Hall–Kier alpha value is -2.39. The van der Waals surface area contributed by atoms with Crippen LogP contribution in [0.4, 0.5) is 5.82 Å². The van der Waals surface area contributed by atoms with Gasteiger partial charge in [0.25, 0.3) is 0 Å². The Morgan fingerprint density at radius 3 is 2.26 bits per heavy atom. The van der Waals surface area contributed by atoms with Crippen LogP contribution in [0, 0.1) is 11.3 Å². The maximum atomic E-state index is 13.6. The molecule has 2 saturated heterocycles. The third-order valence-electron chi connectivity index (χ3n) is 9.00. The van der Waals surface area contributed by atoms with E-state index in [1.807, 2.05) is 0 Å². The van der Waals surface area contributed by atoms with E-state index in [1.54, 1.807) is 26.0 Å². The fourth-order valence-corrected chi connectivity index (χ4v) is 17.5. The van der Waals surface area contributed by atoms with Gasteiger partial charge in [0.05, 0.1) is 12.3 Å². The van der Waals surface area contributed by atoms with Crippen LogP contribution in [0.25, 0.3) is 5.52 Å². The van der Waals surface area contributed by atoms with Crippen molar-refractivity contribution >= 4 is 34.4 Å². The predicted octanol–water partition coefficient (Wildman–Crippen LogP) is 4.72. The summed E-state index contributed by atoms with van der Waals surface area (Å²) in [6.45, 7) is 20.3. The maximum Gasteiger partial charge on any atom is 0.338 e. The first kappa shape index (κ1) is 33.5. The highest BCUT2D eigenvalue weighted by molar-refractivity contribution is 6.84. The molecule has 2 N–H and O–H groups in total. The Kier molecular flexibility index (Phi) is 9.23. The highest BCUT2D eigenvalue weighted by Crippen LogP contribution is 2.51. The van der Waals surface area contributed by atoms with Crippen LogP contribution < -0.4 is 5.73 Å². The van der Waals surface area contributed by atoms with Gasteiger partial charge in [-0.25, -0.2) is 14.3 Å². The first-order valence-electron chi connectivity index (χ1n) is 15.0. The van der Waals surface area contributed by atoms with Crippen molar-refractivity contribution in [1.29, 1.82) is 5.26 Å². The molecule has 0 spiro atoms. The molecule has 12 nitrogen and oxygen atoms in total. The van der Waals surface area contributed by atoms with Gasteiger partial charge in [0.2, 0.25) is 5.60 Å². The van der Waals surface area contributed by atoms with Crippen molar-refractivity contribution in [2.24, 2.45) is 0 Å². The summed E-state index contributed by atoms with van der Waals surface area (Å²) in [6, 6.07) is 5.76. The molecule has 238 valence electrons. The number of nitriles is 1. The van der Waals surface area contributed by atoms with Crippen LogP contribution in [-0.2, 0) is 37.6 Å². The number of carbonyl (C=O) groups excluding carboxylic acids is 1. The van der Waals surface area contributed by atoms with Crippen molar-refractivity contribution in [3.8, 4) is 6.07 Å². The number of hydrogen-bond donors (Lipinski definition) is 1. The molecule has 2 aromatic rings. The number of nitrogens with two attached hydrogens (primary N) is 1. The number of methoxy groups -OCH3 is 1. The molecule has 0 unspecified atom stereocenters. The van der Waals surface area contributed by atoms with Crippen LogP contribution in [-0.4, -0.2) is 75.3 Å².